The lowest BCUT2D eigenvalue weighted by Crippen LogP contribution is -3.15. The Balaban J connectivity index is 1.98. The van der Waals surface area contributed by atoms with Crippen molar-refractivity contribution in [2.75, 3.05) is 32.7 Å². The third kappa shape index (κ3) is 5.68. The van der Waals surface area contributed by atoms with E-state index in [-0.39, 0.29) is 36.5 Å². The molecule has 0 bridgehead atoms. The van der Waals surface area contributed by atoms with E-state index in [0.717, 1.165) is 17.0 Å². The van der Waals surface area contributed by atoms with E-state index in [9.17, 15) is 26.4 Å². The molecule has 1 saturated heterocycles. The number of carbonyl (C=O) groups excluding carboxylic acids is 1. The number of hydrogen-bond acceptors (Lipinski definition) is 3. The number of rotatable bonds is 6. The Kier molecular flexibility index (Phi) is 7.11. The summed E-state index contributed by atoms with van der Waals surface area (Å²) in [6, 6.07) is 3.82. The van der Waals surface area contributed by atoms with E-state index in [1.807, 2.05) is 20.8 Å². The van der Waals surface area contributed by atoms with Gasteiger partial charge in [0.1, 0.15) is 0 Å². The number of hydrogen-bond donors (Lipinski definition) is 2. The lowest BCUT2D eigenvalue weighted by atomic mass is 10.1. The minimum Gasteiger partial charge on any atom is -0.348 e. The minimum atomic E-state index is -4.60. The Bertz CT molecular complexity index is 789. The minimum absolute atomic E-state index is 0.0504. The standard InChI is InChI=1S/C18H26F3N3O3S/c1-13(2)14(3)22-17(25)12-23-7-9-24(10-8-23)28(26,27)16-6-4-5-15(11-16)18(19,20)21/h4-6,11,13-14H,7-10,12H2,1-3H3,(H,22,25)/p+1/t14-/m1/s1. The van der Waals surface area contributed by atoms with Crippen LogP contribution in [0.15, 0.2) is 29.2 Å². The number of benzene rings is 1. The van der Waals surface area contributed by atoms with E-state index in [4.69, 9.17) is 0 Å². The van der Waals surface area contributed by atoms with Gasteiger partial charge in [-0.25, -0.2) is 8.42 Å². The van der Waals surface area contributed by atoms with Crippen LogP contribution < -0.4 is 10.2 Å². The smallest absolute Gasteiger partial charge is 0.348 e. The van der Waals surface area contributed by atoms with E-state index in [1.165, 1.54) is 10.4 Å². The van der Waals surface area contributed by atoms with Crippen LogP contribution in [0.5, 0.6) is 0 Å². The second-order valence-electron chi connectivity index (χ2n) is 7.46. The first kappa shape index (κ1) is 22.6. The normalized spacial score (nSPS) is 18.2. The van der Waals surface area contributed by atoms with Gasteiger partial charge in [0, 0.05) is 6.04 Å². The number of halogens is 3. The zero-order valence-electron chi connectivity index (χ0n) is 16.2. The van der Waals surface area contributed by atoms with Crippen LogP contribution in [0.2, 0.25) is 0 Å². The number of sulfonamides is 1. The summed E-state index contributed by atoms with van der Waals surface area (Å²) in [5.74, 6) is 0.221. The molecule has 0 saturated carbocycles. The summed E-state index contributed by atoms with van der Waals surface area (Å²) in [7, 11) is -4.01. The Morgan fingerprint density at radius 2 is 1.82 bits per heavy atom. The van der Waals surface area contributed by atoms with Gasteiger partial charge in [-0.2, -0.15) is 17.5 Å². The highest BCUT2D eigenvalue weighted by atomic mass is 32.2. The van der Waals surface area contributed by atoms with Crippen LogP contribution in [-0.2, 0) is 21.0 Å². The Morgan fingerprint density at radius 1 is 1.21 bits per heavy atom. The molecular formula is C18H27F3N3O3S+. The van der Waals surface area contributed by atoms with Crippen LogP contribution in [0.1, 0.15) is 26.3 Å². The van der Waals surface area contributed by atoms with Crippen molar-refractivity contribution in [1.82, 2.24) is 9.62 Å². The third-order valence-corrected chi connectivity index (χ3v) is 6.92. The van der Waals surface area contributed by atoms with Crippen LogP contribution in [0, 0.1) is 5.92 Å². The lowest BCUT2D eigenvalue weighted by Gasteiger charge is -2.31. The molecule has 1 aliphatic heterocycles. The highest BCUT2D eigenvalue weighted by Crippen LogP contribution is 2.31. The van der Waals surface area contributed by atoms with Crippen molar-refractivity contribution in [3.05, 3.63) is 29.8 Å². The lowest BCUT2D eigenvalue weighted by molar-refractivity contribution is -0.895. The van der Waals surface area contributed by atoms with Gasteiger partial charge in [0.25, 0.3) is 5.91 Å². The molecule has 158 valence electrons. The fourth-order valence-electron chi connectivity index (χ4n) is 2.90. The summed E-state index contributed by atoms with van der Waals surface area (Å²) in [5, 5.41) is 2.92. The molecule has 1 fully saturated rings. The molecule has 0 radical (unpaired) electrons. The number of quaternary nitrogens is 1. The molecule has 28 heavy (non-hydrogen) atoms. The molecule has 1 heterocycles. The number of piperazine rings is 1. The van der Waals surface area contributed by atoms with Gasteiger partial charge in [0.05, 0.1) is 36.6 Å². The van der Waals surface area contributed by atoms with E-state index >= 15 is 0 Å². The maximum Gasteiger partial charge on any atom is 0.416 e. The van der Waals surface area contributed by atoms with Crippen molar-refractivity contribution in [3.63, 3.8) is 0 Å². The first-order valence-electron chi connectivity index (χ1n) is 9.21. The fourth-order valence-corrected chi connectivity index (χ4v) is 4.39. The number of carbonyl (C=O) groups is 1. The Labute approximate surface area is 163 Å². The number of nitrogens with one attached hydrogen (secondary N) is 2. The van der Waals surface area contributed by atoms with Gasteiger partial charge in [-0.3, -0.25) is 4.79 Å². The van der Waals surface area contributed by atoms with E-state index in [1.54, 1.807) is 0 Å². The van der Waals surface area contributed by atoms with Gasteiger partial charge < -0.3 is 10.2 Å². The number of amides is 1. The highest BCUT2D eigenvalue weighted by Gasteiger charge is 2.35. The average molecular weight is 422 g/mol. The van der Waals surface area contributed by atoms with Crippen LogP contribution in [0.4, 0.5) is 13.2 Å². The van der Waals surface area contributed by atoms with Crippen molar-refractivity contribution < 1.29 is 31.3 Å². The summed E-state index contributed by atoms with van der Waals surface area (Å²) in [4.78, 5) is 12.7. The monoisotopic (exact) mass is 422 g/mol. The highest BCUT2D eigenvalue weighted by molar-refractivity contribution is 7.89. The molecule has 6 nitrogen and oxygen atoms in total. The molecule has 0 aliphatic carbocycles. The quantitative estimate of drug-likeness (QED) is 0.711. The molecule has 2 N–H and O–H groups in total. The van der Waals surface area contributed by atoms with Crippen molar-refractivity contribution in [2.24, 2.45) is 5.92 Å². The molecule has 1 aromatic carbocycles. The van der Waals surface area contributed by atoms with Crippen molar-refractivity contribution in [3.8, 4) is 0 Å². The summed E-state index contributed by atoms with van der Waals surface area (Å²) < 4.78 is 65.1. The molecule has 1 aromatic rings. The summed E-state index contributed by atoms with van der Waals surface area (Å²) >= 11 is 0. The first-order chi connectivity index (χ1) is 12.9. The summed E-state index contributed by atoms with van der Waals surface area (Å²) in [5.41, 5.74) is -0.992. The van der Waals surface area contributed by atoms with Gasteiger partial charge in [0.2, 0.25) is 10.0 Å². The maximum atomic E-state index is 12.9. The average Bonchev–Trinajstić information content (AvgIpc) is 2.61. The van der Waals surface area contributed by atoms with Crippen LogP contribution >= 0.6 is 0 Å². The predicted octanol–water partition coefficient (Wildman–Crippen LogP) is 0.755. The topological polar surface area (TPSA) is 70.9 Å². The van der Waals surface area contributed by atoms with Gasteiger partial charge in [-0.05, 0) is 31.0 Å². The molecule has 2 rings (SSSR count). The van der Waals surface area contributed by atoms with Crippen molar-refractivity contribution >= 4 is 15.9 Å². The van der Waals surface area contributed by atoms with E-state index < -0.39 is 21.8 Å². The Morgan fingerprint density at radius 3 is 2.36 bits per heavy atom. The van der Waals surface area contributed by atoms with Gasteiger partial charge in [0.15, 0.2) is 6.54 Å². The molecule has 0 unspecified atom stereocenters. The molecule has 10 heteroatoms. The maximum absolute atomic E-state index is 12.9. The van der Waals surface area contributed by atoms with Crippen LogP contribution in [0.3, 0.4) is 0 Å². The van der Waals surface area contributed by atoms with Crippen molar-refractivity contribution in [1.29, 1.82) is 0 Å². The Hall–Kier alpha value is -1.65. The van der Waals surface area contributed by atoms with E-state index in [2.05, 4.69) is 5.32 Å². The van der Waals surface area contributed by atoms with Gasteiger partial charge in [-0.1, -0.05) is 19.9 Å². The SMILES string of the molecule is CC(C)[C@@H](C)NC(=O)C[NH+]1CCN(S(=O)(=O)c2cccc(C(F)(F)F)c2)CC1. The van der Waals surface area contributed by atoms with Crippen LogP contribution in [-0.4, -0.2) is 57.4 Å². The molecular weight excluding hydrogens is 395 g/mol. The van der Waals surface area contributed by atoms with Crippen molar-refractivity contribution in [2.45, 2.75) is 37.9 Å². The zero-order chi connectivity index (χ0) is 21.1. The zero-order valence-corrected chi connectivity index (χ0v) is 17.0. The second-order valence-corrected chi connectivity index (χ2v) is 9.39. The fraction of sp³-hybridized carbons (Fsp3) is 0.611. The molecule has 1 atom stereocenters. The summed E-state index contributed by atoms with van der Waals surface area (Å²) in [6.07, 6.45) is -4.60. The predicted molar refractivity (Wildman–Crippen MR) is 98.2 cm³/mol. The van der Waals surface area contributed by atoms with Crippen LogP contribution in [0.25, 0.3) is 0 Å². The molecule has 1 aliphatic rings. The second kappa shape index (κ2) is 8.79. The summed E-state index contributed by atoms with van der Waals surface area (Å²) in [6.45, 7) is 7.33. The van der Waals surface area contributed by atoms with E-state index in [0.29, 0.717) is 25.1 Å². The molecule has 0 aromatic heterocycles. The number of alkyl halides is 3. The third-order valence-electron chi connectivity index (χ3n) is 5.03. The molecule has 1 amide bonds. The van der Waals surface area contributed by atoms with Gasteiger partial charge >= 0.3 is 6.18 Å². The largest absolute Gasteiger partial charge is 0.416 e. The van der Waals surface area contributed by atoms with Gasteiger partial charge in [-0.15, -0.1) is 0 Å². The molecule has 0 spiro atoms. The number of nitrogens with zero attached hydrogens (tertiary/aromatic N) is 1. The first-order valence-corrected chi connectivity index (χ1v) is 10.7.